The Morgan fingerprint density at radius 1 is 1.57 bits per heavy atom. The number of rotatable bonds is 1. The van der Waals surface area contributed by atoms with E-state index in [1.165, 1.54) is 0 Å². The summed E-state index contributed by atoms with van der Waals surface area (Å²) in [7, 11) is 0. The first-order valence-electron chi connectivity index (χ1n) is 5.33. The lowest BCUT2D eigenvalue weighted by Crippen LogP contribution is -2.35. The molecule has 1 saturated carbocycles. The van der Waals surface area contributed by atoms with Crippen LogP contribution in [0.2, 0.25) is 0 Å². The lowest BCUT2D eigenvalue weighted by molar-refractivity contribution is 0.0883. The van der Waals surface area contributed by atoms with Gasteiger partial charge in [0.25, 0.3) is 0 Å². The maximum atomic E-state index is 11.5. The summed E-state index contributed by atoms with van der Waals surface area (Å²) in [4.78, 5) is 13.3. The van der Waals surface area contributed by atoms with Crippen LogP contribution in [0.1, 0.15) is 26.2 Å². The first-order valence-corrected chi connectivity index (χ1v) is 5.33. The Hall–Kier alpha value is -0.770. The average molecular weight is 199 g/mol. The van der Waals surface area contributed by atoms with Crippen LogP contribution in [-0.2, 0) is 4.74 Å². The number of nitrogens with zero attached hydrogens (tertiary/aromatic N) is 1. The molecule has 1 aliphatic heterocycles. The molecule has 0 radical (unpaired) electrons. The summed E-state index contributed by atoms with van der Waals surface area (Å²) in [5.41, 5.74) is 0. The maximum absolute atomic E-state index is 11.5. The summed E-state index contributed by atoms with van der Waals surface area (Å²) in [6, 6.07) is 0.308. The highest BCUT2D eigenvalue weighted by atomic mass is 16.6. The molecule has 0 aromatic heterocycles. The van der Waals surface area contributed by atoms with E-state index in [1.807, 2.05) is 6.92 Å². The zero-order valence-electron chi connectivity index (χ0n) is 8.48. The van der Waals surface area contributed by atoms with Gasteiger partial charge in [-0.25, -0.2) is 4.79 Å². The minimum atomic E-state index is -0.217. The van der Waals surface area contributed by atoms with E-state index in [0.29, 0.717) is 19.2 Å². The van der Waals surface area contributed by atoms with Crippen LogP contribution in [-0.4, -0.2) is 41.4 Å². The number of ether oxygens (including phenoxy) is 1. The van der Waals surface area contributed by atoms with Gasteiger partial charge in [-0.05, 0) is 26.2 Å². The molecule has 1 heterocycles. The first kappa shape index (κ1) is 9.77. The second kappa shape index (κ2) is 3.77. The summed E-state index contributed by atoms with van der Waals surface area (Å²) in [5, 5.41) is 9.65. The van der Waals surface area contributed by atoms with Crippen LogP contribution in [0.3, 0.4) is 0 Å². The number of carbonyl (C=O) groups is 1. The minimum absolute atomic E-state index is 0.214. The van der Waals surface area contributed by atoms with Crippen molar-refractivity contribution in [1.82, 2.24) is 4.90 Å². The number of amides is 1. The molecule has 1 N–H and O–H groups in total. The Bertz CT molecular complexity index is 231. The molecule has 3 atom stereocenters. The van der Waals surface area contributed by atoms with Gasteiger partial charge in [0.1, 0.15) is 0 Å². The molecule has 14 heavy (non-hydrogen) atoms. The molecule has 2 rings (SSSR count). The number of aliphatic hydroxyl groups is 1. The zero-order chi connectivity index (χ0) is 10.1. The van der Waals surface area contributed by atoms with Crippen LogP contribution < -0.4 is 0 Å². The Morgan fingerprint density at radius 3 is 3.00 bits per heavy atom. The van der Waals surface area contributed by atoms with Gasteiger partial charge >= 0.3 is 6.09 Å². The molecule has 1 amide bonds. The van der Waals surface area contributed by atoms with E-state index >= 15 is 0 Å². The topological polar surface area (TPSA) is 49.8 Å². The standard InChI is InChI=1S/C10H17NO3/c1-2-14-10(13)11-6-7-5-8(11)3-4-9(7)12/h7-9,12H,2-6H2,1H3. The van der Waals surface area contributed by atoms with Crippen LogP contribution in [0.15, 0.2) is 0 Å². The number of aliphatic hydroxyl groups excluding tert-OH is 1. The van der Waals surface area contributed by atoms with Gasteiger partial charge in [0.05, 0.1) is 12.7 Å². The van der Waals surface area contributed by atoms with Crippen LogP contribution >= 0.6 is 0 Å². The van der Waals surface area contributed by atoms with Crippen molar-refractivity contribution in [1.29, 1.82) is 0 Å². The van der Waals surface area contributed by atoms with Crippen molar-refractivity contribution in [2.24, 2.45) is 5.92 Å². The van der Waals surface area contributed by atoms with E-state index in [9.17, 15) is 9.90 Å². The largest absolute Gasteiger partial charge is 0.450 e. The Kier molecular flexibility index (Phi) is 2.63. The molecular formula is C10H17NO3. The second-order valence-corrected chi connectivity index (χ2v) is 4.15. The third-order valence-corrected chi connectivity index (χ3v) is 3.29. The van der Waals surface area contributed by atoms with E-state index in [1.54, 1.807) is 4.90 Å². The third kappa shape index (κ3) is 1.59. The minimum Gasteiger partial charge on any atom is -0.450 e. The molecule has 1 saturated heterocycles. The van der Waals surface area contributed by atoms with Gasteiger partial charge in [-0.2, -0.15) is 0 Å². The number of likely N-dealkylation sites (tertiary alicyclic amines) is 1. The number of hydrogen-bond donors (Lipinski definition) is 1. The monoisotopic (exact) mass is 199 g/mol. The summed E-state index contributed by atoms with van der Waals surface area (Å²) in [6.07, 6.45) is 2.25. The van der Waals surface area contributed by atoms with Gasteiger partial charge in [0.15, 0.2) is 0 Å². The van der Waals surface area contributed by atoms with Gasteiger partial charge in [0.2, 0.25) is 0 Å². The molecule has 0 aromatic rings. The van der Waals surface area contributed by atoms with Crippen LogP contribution in [0.25, 0.3) is 0 Å². The lowest BCUT2D eigenvalue weighted by Gasteiger charge is -2.25. The Labute approximate surface area is 83.8 Å². The highest BCUT2D eigenvalue weighted by Crippen LogP contribution is 2.35. The molecule has 4 heteroatoms. The van der Waals surface area contributed by atoms with E-state index in [2.05, 4.69) is 0 Å². The fraction of sp³-hybridized carbons (Fsp3) is 0.900. The van der Waals surface area contributed by atoms with E-state index in [0.717, 1.165) is 19.3 Å². The molecule has 80 valence electrons. The Balaban J connectivity index is 1.99. The summed E-state index contributed by atoms with van der Waals surface area (Å²) in [6.45, 7) is 2.91. The SMILES string of the molecule is CCOC(=O)N1CC2CC1CCC2O. The summed E-state index contributed by atoms with van der Waals surface area (Å²) in [5.74, 6) is 0.276. The Morgan fingerprint density at radius 2 is 2.36 bits per heavy atom. The molecule has 2 aliphatic rings. The zero-order valence-corrected chi connectivity index (χ0v) is 8.48. The molecule has 4 nitrogen and oxygen atoms in total. The van der Waals surface area contributed by atoms with E-state index in [4.69, 9.17) is 4.74 Å². The molecule has 1 aliphatic carbocycles. The van der Waals surface area contributed by atoms with Crippen LogP contribution in [0, 0.1) is 5.92 Å². The van der Waals surface area contributed by atoms with Gasteiger partial charge in [0, 0.05) is 18.5 Å². The predicted molar refractivity (Wildman–Crippen MR) is 50.9 cm³/mol. The maximum Gasteiger partial charge on any atom is 0.410 e. The molecule has 2 bridgehead atoms. The van der Waals surface area contributed by atoms with E-state index < -0.39 is 0 Å². The third-order valence-electron chi connectivity index (χ3n) is 3.29. The van der Waals surface area contributed by atoms with Crippen LogP contribution in [0.4, 0.5) is 4.79 Å². The quantitative estimate of drug-likeness (QED) is 0.685. The molecular weight excluding hydrogens is 182 g/mol. The van der Waals surface area contributed by atoms with Crippen LogP contribution in [0.5, 0.6) is 0 Å². The van der Waals surface area contributed by atoms with Gasteiger partial charge in [-0.15, -0.1) is 0 Å². The van der Waals surface area contributed by atoms with E-state index in [-0.39, 0.29) is 18.1 Å². The molecule has 0 spiro atoms. The lowest BCUT2D eigenvalue weighted by atomic mass is 9.88. The summed E-state index contributed by atoms with van der Waals surface area (Å²) >= 11 is 0. The highest BCUT2D eigenvalue weighted by molar-refractivity contribution is 5.68. The second-order valence-electron chi connectivity index (χ2n) is 4.15. The molecule has 3 unspecified atom stereocenters. The fourth-order valence-corrected chi connectivity index (χ4v) is 2.53. The van der Waals surface area contributed by atoms with Crippen molar-refractivity contribution in [3.05, 3.63) is 0 Å². The predicted octanol–water partition coefficient (Wildman–Crippen LogP) is 0.988. The normalized spacial score (nSPS) is 35.9. The van der Waals surface area contributed by atoms with Gasteiger partial charge < -0.3 is 14.7 Å². The first-order chi connectivity index (χ1) is 6.72. The van der Waals surface area contributed by atoms with Gasteiger partial charge in [-0.1, -0.05) is 0 Å². The summed E-state index contributed by atoms with van der Waals surface area (Å²) < 4.78 is 4.97. The molecule has 2 fully saturated rings. The van der Waals surface area contributed by atoms with Gasteiger partial charge in [-0.3, -0.25) is 0 Å². The highest BCUT2D eigenvalue weighted by Gasteiger charge is 2.42. The van der Waals surface area contributed by atoms with Crippen molar-refractivity contribution in [3.8, 4) is 0 Å². The van der Waals surface area contributed by atoms with Crippen molar-refractivity contribution in [3.63, 3.8) is 0 Å². The number of fused-ring (bicyclic) bond motifs is 2. The number of carbonyl (C=O) groups excluding carboxylic acids is 1. The smallest absolute Gasteiger partial charge is 0.410 e. The van der Waals surface area contributed by atoms with Crippen molar-refractivity contribution >= 4 is 6.09 Å². The van der Waals surface area contributed by atoms with Crippen molar-refractivity contribution in [2.45, 2.75) is 38.3 Å². The van der Waals surface area contributed by atoms with Crippen molar-refractivity contribution in [2.75, 3.05) is 13.2 Å². The average Bonchev–Trinajstić information content (AvgIpc) is 2.52. The van der Waals surface area contributed by atoms with Crippen molar-refractivity contribution < 1.29 is 14.6 Å². The number of hydrogen-bond acceptors (Lipinski definition) is 3. The fourth-order valence-electron chi connectivity index (χ4n) is 2.53. The molecule has 0 aromatic carbocycles.